The number of amides is 2. The number of nitrogens with zero attached hydrogens (tertiary/aromatic N) is 1. The molecule has 0 aromatic heterocycles. The summed E-state index contributed by atoms with van der Waals surface area (Å²) in [6.45, 7) is 9.82. The molecule has 1 aromatic rings. The van der Waals surface area contributed by atoms with E-state index in [9.17, 15) is 9.59 Å². The smallest absolute Gasteiger partial charge is 0.416 e. The van der Waals surface area contributed by atoms with Crippen LogP contribution in [0.4, 0.5) is 4.79 Å². The van der Waals surface area contributed by atoms with Crippen molar-refractivity contribution in [1.82, 2.24) is 4.90 Å². The lowest BCUT2D eigenvalue weighted by molar-refractivity contribution is -0.148. The molecule has 2 amide bonds. The number of ether oxygens (including phenoxy) is 3. The van der Waals surface area contributed by atoms with Gasteiger partial charge in [-0.2, -0.15) is 0 Å². The van der Waals surface area contributed by atoms with Gasteiger partial charge in [-0.25, -0.2) is 9.69 Å². The Bertz CT molecular complexity index is 540. The number of benzene rings is 1. The molecular weight excluding hydrogens is 334 g/mol. The minimum atomic E-state index is -0.564. The van der Waals surface area contributed by atoms with Gasteiger partial charge in [0.05, 0.1) is 19.8 Å². The number of imide groups is 1. The molecule has 2 saturated heterocycles. The van der Waals surface area contributed by atoms with Gasteiger partial charge in [0, 0.05) is 12.8 Å². The van der Waals surface area contributed by atoms with Crippen LogP contribution in [-0.2, 0) is 19.0 Å². The number of carbonyl (C=O) groups is 2. The van der Waals surface area contributed by atoms with Crippen LogP contribution in [0.15, 0.2) is 30.3 Å². The molecule has 2 aliphatic heterocycles. The van der Waals surface area contributed by atoms with E-state index in [0.717, 1.165) is 4.90 Å². The molecule has 0 atom stereocenters. The highest BCUT2D eigenvalue weighted by molar-refractivity contribution is 5.92. The topological polar surface area (TPSA) is 65.1 Å². The van der Waals surface area contributed by atoms with Crippen LogP contribution >= 0.6 is 0 Å². The molecule has 0 saturated carbocycles. The van der Waals surface area contributed by atoms with Gasteiger partial charge in [-0.3, -0.25) is 4.79 Å². The van der Waals surface area contributed by atoms with Crippen LogP contribution in [0.25, 0.3) is 0 Å². The fourth-order valence-corrected chi connectivity index (χ4v) is 2.55. The Morgan fingerprint density at radius 1 is 1.12 bits per heavy atom. The van der Waals surface area contributed by atoms with Gasteiger partial charge in [0.25, 0.3) is 0 Å². The zero-order valence-corrected chi connectivity index (χ0v) is 16.3. The van der Waals surface area contributed by atoms with Gasteiger partial charge < -0.3 is 14.2 Å². The highest BCUT2D eigenvalue weighted by Gasteiger charge is 2.32. The molecule has 146 valence electrons. The van der Waals surface area contributed by atoms with Crippen LogP contribution in [0.5, 0.6) is 0 Å². The average Bonchev–Trinajstić information content (AvgIpc) is 3.27. The fourth-order valence-electron chi connectivity index (χ4n) is 2.55. The third-order valence-corrected chi connectivity index (χ3v) is 3.92. The van der Waals surface area contributed by atoms with E-state index in [-0.39, 0.29) is 5.91 Å². The van der Waals surface area contributed by atoms with Crippen LogP contribution < -0.4 is 0 Å². The molecular formula is C20H31NO5. The van der Waals surface area contributed by atoms with Crippen LogP contribution in [0, 0.1) is 6.92 Å². The third kappa shape index (κ3) is 7.54. The lowest BCUT2D eigenvalue weighted by atomic mass is 10.1. The summed E-state index contributed by atoms with van der Waals surface area (Å²) in [4.78, 5) is 24.0. The number of carbonyl (C=O) groups excluding carboxylic acids is 2. The Kier molecular flexibility index (Phi) is 9.91. The highest BCUT2D eigenvalue weighted by Crippen LogP contribution is 2.25. The van der Waals surface area contributed by atoms with Gasteiger partial charge in [0.1, 0.15) is 6.61 Å². The maximum Gasteiger partial charge on any atom is 0.416 e. The summed E-state index contributed by atoms with van der Waals surface area (Å²) in [6.07, 6.45) is 1.08. The zero-order valence-electron chi connectivity index (χ0n) is 16.3. The molecule has 2 aliphatic rings. The first-order chi connectivity index (χ1) is 12.5. The maximum absolute atomic E-state index is 11.7. The van der Waals surface area contributed by atoms with Crippen molar-refractivity contribution in [3.8, 4) is 0 Å². The lowest BCUT2D eigenvalue weighted by Crippen LogP contribution is -2.32. The fraction of sp³-hybridized carbons (Fsp3) is 0.600. The maximum atomic E-state index is 11.7. The van der Waals surface area contributed by atoms with Crippen molar-refractivity contribution in [2.45, 2.75) is 52.7 Å². The lowest BCUT2D eigenvalue weighted by Gasteiger charge is -2.22. The van der Waals surface area contributed by atoms with Crippen molar-refractivity contribution in [3.63, 3.8) is 0 Å². The van der Waals surface area contributed by atoms with E-state index in [4.69, 9.17) is 14.2 Å². The van der Waals surface area contributed by atoms with Crippen molar-refractivity contribution < 1.29 is 23.8 Å². The molecule has 2 heterocycles. The first-order valence-corrected chi connectivity index (χ1v) is 9.27. The minimum absolute atomic E-state index is 0.186. The van der Waals surface area contributed by atoms with Crippen LogP contribution in [0.2, 0.25) is 0 Å². The van der Waals surface area contributed by atoms with Crippen molar-refractivity contribution in [2.75, 3.05) is 26.4 Å². The summed E-state index contributed by atoms with van der Waals surface area (Å²) < 4.78 is 15.6. The molecule has 6 heteroatoms. The molecule has 6 nitrogen and oxygen atoms in total. The van der Waals surface area contributed by atoms with Crippen molar-refractivity contribution in [3.05, 3.63) is 35.9 Å². The normalized spacial score (nSPS) is 17.5. The largest absolute Gasteiger partial charge is 0.447 e. The standard InChI is InChI=1S/C11H17NO5.C7H8.C2H6/c1-11(16-7-8-17-11)4-2-3-9(13)12-5-6-15-10(12)14;1-7-5-3-2-4-6-7;1-2/h2-8H2,1H3;2-6H,1H3;1-2H3. The summed E-state index contributed by atoms with van der Waals surface area (Å²) in [5.74, 6) is -0.750. The summed E-state index contributed by atoms with van der Waals surface area (Å²) in [5.41, 5.74) is 1.32. The quantitative estimate of drug-likeness (QED) is 0.809. The Hall–Kier alpha value is -1.92. The van der Waals surface area contributed by atoms with Gasteiger partial charge in [-0.15, -0.1) is 0 Å². The Labute approximate surface area is 156 Å². The summed E-state index contributed by atoms with van der Waals surface area (Å²) >= 11 is 0. The van der Waals surface area contributed by atoms with Gasteiger partial charge in [0.2, 0.25) is 5.91 Å². The third-order valence-electron chi connectivity index (χ3n) is 3.92. The molecule has 1 aromatic carbocycles. The number of aryl methyl sites for hydroxylation is 1. The average molecular weight is 365 g/mol. The molecule has 26 heavy (non-hydrogen) atoms. The van der Waals surface area contributed by atoms with Gasteiger partial charge >= 0.3 is 6.09 Å². The van der Waals surface area contributed by atoms with Gasteiger partial charge in [-0.1, -0.05) is 49.7 Å². The van der Waals surface area contributed by atoms with Gasteiger partial charge in [0.15, 0.2) is 5.79 Å². The van der Waals surface area contributed by atoms with E-state index >= 15 is 0 Å². The zero-order chi connectivity index (χ0) is 19.4. The van der Waals surface area contributed by atoms with Crippen molar-refractivity contribution in [2.24, 2.45) is 0 Å². The number of cyclic esters (lactones) is 1. The summed E-state index contributed by atoms with van der Waals surface area (Å²) in [5, 5.41) is 0. The second-order valence-corrected chi connectivity index (χ2v) is 6.00. The van der Waals surface area contributed by atoms with Crippen molar-refractivity contribution >= 4 is 12.0 Å². The predicted molar refractivity (Wildman–Crippen MR) is 99.7 cm³/mol. The molecule has 0 aliphatic carbocycles. The monoisotopic (exact) mass is 365 g/mol. The first kappa shape index (κ1) is 22.1. The van der Waals surface area contributed by atoms with E-state index < -0.39 is 11.9 Å². The molecule has 0 N–H and O–H groups in total. The van der Waals surface area contributed by atoms with E-state index in [1.807, 2.05) is 39.0 Å². The molecule has 0 bridgehead atoms. The summed E-state index contributed by atoms with van der Waals surface area (Å²) in [7, 11) is 0. The van der Waals surface area contributed by atoms with Crippen LogP contribution in [-0.4, -0.2) is 49.1 Å². The number of hydrogen-bond donors (Lipinski definition) is 0. The van der Waals surface area contributed by atoms with E-state index in [1.54, 1.807) is 0 Å². The molecule has 0 radical (unpaired) electrons. The Morgan fingerprint density at radius 3 is 2.19 bits per heavy atom. The second kappa shape index (κ2) is 11.6. The SMILES string of the molecule is CC.CC1(CCCC(=O)N2CCOC2=O)OCCO1.Cc1ccccc1. The summed E-state index contributed by atoms with van der Waals surface area (Å²) in [6, 6.07) is 10.3. The van der Waals surface area contributed by atoms with Crippen molar-refractivity contribution in [1.29, 1.82) is 0 Å². The van der Waals surface area contributed by atoms with E-state index in [0.29, 0.717) is 45.6 Å². The van der Waals surface area contributed by atoms with Crippen LogP contribution in [0.3, 0.4) is 0 Å². The minimum Gasteiger partial charge on any atom is -0.447 e. The first-order valence-electron chi connectivity index (χ1n) is 9.27. The Morgan fingerprint density at radius 2 is 1.73 bits per heavy atom. The van der Waals surface area contributed by atoms with E-state index in [1.165, 1.54) is 5.56 Å². The molecule has 0 unspecified atom stereocenters. The highest BCUT2D eigenvalue weighted by atomic mass is 16.7. The van der Waals surface area contributed by atoms with Crippen LogP contribution in [0.1, 0.15) is 45.6 Å². The van der Waals surface area contributed by atoms with Gasteiger partial charge in [-0.05, 0) is 20.3 Å². The van der Waals surface area contributed by atoms with E-state index in [2.05, 4.69) is 19.1 Å². The molecule has 2 fully saturated rings. The predicted octanol–water partition coefficient (Wildman–Crippen LogP) is 3.92. The Balaban J connectivity index is 0.000000313. The second-order valence-electron chi connectivity index (χ2n) is 6.00. The number of rotatable bonds is 4. The number of hydrogen-bond acceptors (Lipinski definition) is 5. The molecule has 0 spiro atoms. The molecule has 3 rings (SSSR count).